The number of nitrogens with zero attached hydrogens (tertiary/aromatic N) is 2. The highest BCUT2D eigenvalue weighted by Gasteiger charge is 2.43. The number of fused-ring (bicyclic) bond motifs is 1. The number of carbonyl (C=O) groups is 1. The molecule has 140 valence electrons. The lowest BCUT2D eigenvalue weighted by Gasteiger charge is -2.09. The summed E-state index contributed by atoms with van der Waals surface area (Å²) in [7, 11) is 1.54. The number of alkyl halides is 2. The van der Waals surface area contributed by atoms with Crippen molar-refractivity contribution in [3.05, 3.63) is 34.1 Å². The zero-order chi connectivity index (χ0) is 18.9. The van der Waals surface area contributed by atoms with Crippen LogP contribution in [0.25, 0.3) is 5.69 Å². The Kier molecular flexibility index (Phi) is 4.97. The van der Waals surface area contributed by atoms with Crippen molar-refractivity contribution in [2.45, 2.75) is 26.2 Å². The minimum Gasteiger partial charge on any atom is -0.395 e. The number of aromatic nitrogens is 1. The van der Waals surface area contributed by atoms with Gasteiger partial charge in [0.05, 0.1) is 18.3 Å². The van der Waals surface area contributed by atoms with E-state index < -0.39 is 12.3 Å². The molecule has 0 saturated heterocycles. The summed E-state index contributed by atoms with van der Waals surface area (Å²) in [6.45, 7) is 4.01. The molecule has 2 aromatic rings. The Morgan fingerprint density at radius 3 is 2.88 bits per heavy atom. The maximum Gasteiger partial charge on any atom is 0.586 e. The van der Waals surface area contributed by atoms with Crippen molar-refractivity contribution in [1.29, 1.82) is 0 Å². The van der Waals surface area contributed by atoms with Crippen LogP contribution in [-0.4, -0.2) is 36.7 Å². The summed E-state index contributed by atoms with van der Waals surface area (Å²) in [4.78, 5) is 17.4. The number of halogens is 2. The molecule has 1 aromatic heterocycles. The molecule has 1 aliphatic heterocycles. The van der Waals surface area contributed by atoms with Crippen LogP contribution in [0.15, 0.2) is 29.4 Å². The van der Waals surface area contributed by atoms with E-state index in [2.05, 4.69) is 19.8 Å². The molecular formula is C16H17F2N3O4S. The molecule has 0 aliphatic carbocycles. The summed E-state index contributed by atoms with van der Waals surface area (Å²) in [5.74, 6) is -0.121. The molecular weight excluding hydrogens is 368 g/mol. The van der Waals surface area contributed by atoms with Crippen LogP contribution in [0, 0.1) is 6.92 Å². The highest BCUT2D eigenvalue weighted by atomic mass is 32.1. The molecule has 3 rings (SSSR count). The van der Waals surface area contributed by atoms with Gasteiger partial charge in [-0.2, -0.15) is 4.99 Å². The maximum atomic E-state index is 13.2. The van der Waals surface area contributed by atoms with Gasteiger partial charge in [0.1, 0.15) is 0 Å². The van der Waals surface area contributed by atoms with Gasteiger partial charge in [0.25, 0.3) is 0 Å². The second-order valence-corrected chi connectivity index (χ2v) is 6.92. The highest BCUT2D eigenvalue weighted by Crippen LogP contribution is 2.41. The Morgan fingerprint density at radius 1 is 1.42 bits per heavy atom. The van der Waals surface area contributed by atoms with Crippen molar-refractivity contribution in [2.75, 3.05) is 13.7 Å². The molecule has 26 heavy (non-hydrogen) atoms. The van der Waals surface area contributed by atoms with Gasteiger partial charge < -0.3 is 19.5 Å². The lowest BCUT2D eigenvalue weighted by Crippen LogP contribution is -2.34. The van der Waals surface area contributed by atoms with Crippen LogP contribution in [0.5, 0.6) is 11.5 Å². The highest BCUT2D eigenvalue weighted by molar-refractivity contribution is 7.09. The fraction of sp³-hybridized carbons (Fsp3) is 0.375. The van der Waals surface area contributed by atoms with Gasteiger partial charge in [-0.15, -0.1) is 20.1 Å². The Balaban J connectivity index is 1.91. The van der Waals surface area contributed by atoms with Crippen LogP contribution in [0.3, 0.4) is 0 Å². The van der Waals surface area contributed by atoms with E-state index in [0.29, 0.717) is 17.1 Å². The van der Waals surface area contributed by atoms with Gasteiger partial charge in [0.2, 0.25) is 0 Å². The van der Waals surface area contributed by atoms with Gasteiger partial charge in [-0.3, -0.25) is 4.57 Å². The zero-order valence-corrected chi connectivity index (χ0v) is 15.1. The van der Waals surface area contributed by atoms with Crippen molar-refractivity contribution < 1.29 is 27.8 Å². The predicted molar refractivity (Wildman–Crippen MR) is 90.0 cm³/mol. The number of rotatable bonds is 4. The van der Waals surface area contributed by atoms with Gasteiger partial charge in [-0.05, 0) is 26.0 Å². The first-order valence-electron chi connectivity index (χ1n) is 7.71. The minimum absolute atomic E-state index is 0.0454. The van der Waals surface area contributed by atoms with Gasteiger partial charge in [-0.1, -0.05) is 0 Å². The summed E-state index contributed by atoms with van der Waals surface area (Å²) >= 11 is 1.30. The first-order chi connectivity index (χ1) is 12.3. The first kappa shape index (κ1) is 18.3. The number of urea groups is 1. The molecule has 7 nitrogen and oxygen atoms in total. The van der Waals surface area contributed by atoms with Crippen LogP contribution in [-0.2, 0) is 4.74 Å². The average molecular weight is 385 g/mol. The molecule has 10 heteroatoms. The van der Waals surface area contributed by atoms with E-state index in [1.165, 1.54) is 23.5 Å². The summed E-state index contributed by atoms with van der Waals surface area (Å²) in [6, 6.07) is 3.67. The van der Waals surface area contributed by atoms with Crippen molar-refractivity contribution in [3.63, 3.8) is 0 Å². The number of amides is 2. The molecule has 1 unspecified atom stereocenters. The minimum atomic E-state index is -3.68. The number of thiazole rings is 1. The standard InChI is InChI=1S/C16H17F2N3O4S/c1-9(8-23-3)19-14(22)20-15-21(7-10(2)26-15)11-4-5-12-13(6-11)25-16(17,18)24-12/h4-7,9H,8H2,1-3H3,(H,19,22)/b20-15-. The van der Waals surface area contributed by atoms with Gasteiger partial charge in [0, 0.05) is 24.3 Å². The van der Waals surface area contributed by atoms with E-state index in [1.807, 2.05) is 6.92 Å². The molecule has 0 fully saturated rings. The Labute approximate surface area is 151 Å². The molecule has 1 atom stereocenters. The summed E-state index contributed by atoms with van der Waals surface area (Å²) < 4.78 is 41.8. The molecule has 1 aliphatic rings. The number of benzene rings is 1. The van der Waals surface area contributed by atoms with Crippen molar-refractivity contribution >= 4 is 17.4 Å². The summed E-state index contributed by atoms with van der Waals surface area (Å²) in [5, 5.41) is 2.69. The first-order valence-corrected chi connectivity index (χ1v) is 8.52. The molecule has 1 N–H and O–H groups in total. The molecule has 0 saturated carbocycles. The zero-order valence-electron chi connectivity index (χ0n) is 14.3. The molecule has 0 spiro atoms. The molecule has 2 heterocycles. The Bertz CT molecular complexity index is 894. The van der Waals surface area contributed by atoms with Gasteiger partial charge >= 0.3 is 12.3 Å². The van der Waals surface area contributed by atoms with Gasteiger partial charge in [-0.25, -0.2) is 4.79 Å². The van der Waals surface area contributed by atoms with E-state index in [-0.39, 0.29) is 17.5 Å². The Hall–Kier alpha value is -2.46. The molecule has 2 amide bonds. The molecule has 0 radical (unpaired) electrons. The number of ether oxygens (including phenoxy) is 3. The van der Waals surface area contributed by atoms with Crippen LogP contribution in [0.4, 0.5) is 13.6 Å². The fourth-order valence-corrected chi connectivity index (χ4v) is 3.26. The van der Waals surface area contributed by atoms with Crippen LogP contribution >= 0.6 is 11.3 Å². The van der Waals surface area contributed by atoms with Crippen LogP contribution in [0.2, 0.25) is 0 Å². The van der Waals surface area contributed by atoms with E-state index in [9.17, 15) is 13.6 Å². The van der Waals surface area contributed by atoms with Crippen molar-refractivity contribution in [1.82, 2.24) is 9.88 Å². The SMILES string of the molecule is COCC(C)NC(=O)/N=c1\sc(C)cn1-c1ccc2c(c1)OC(F)(F)O2. The van der Waals surface area contributed by atoms with Crippen LogP contribution in [0.1, 0.15) is 11.8 Å². The smallest absolute Gasteiger partial charge is 0.395 e. The van der Waals surface area contributed by atoms with Gasteiger partial charge in [0.15, 0.2) is 16.3 Å². The largest absolute Gasteiger partial charge is 0.586 e. The summed E-state index contributed by atoms with van der Waals surface area (Å²) in [6.07, 6.45) is -1.92. The third-order valence-corrected chi connectivity index (χ3v) is 4.31. The lowest BCUT2D eigenvalue weighted by atomic mass is 10.3. The lowest BCUT2D eigenvalue weighted by molar-refractivity contribution is -0.286. The number of nitrogens with one attached hydrogen (secondary N) is 1. The number of hydrogen-bond donors (Lipinski definition) is 1. The normalized spacial score (nSPS) is 16.6. The number of hydrogen-bond acceptors (Lipinski definition) is 5. The number of methoxy groups -OCH3 is 1. The number of aryl methyl sites for hydroxylation is 1. The topological polar surface area (TPSA) is 74.1 Å². The number of carbonyl (C=O) groups excluding carboxylic acids is 1. The van der Waals surface area contributed by atoms with E-state index in [4.69, 9.17) is 4.74 Å². The fourth-order valence-electron chi connectivity index (χ4n) is 2.43. The van der Waals surface area contributed by atoms with E-state index in [0.717, 1.165) is 4.88 Å². The van der Waals surface area contributed by atoms with Crippen molar-refractivity contribution in [3.8, 4) is 17.2 Å². The monoisotopic (exact) mass is 385 g/mol. The van der Waals surface area contributed by atoms with Crippen molar-refractivity contribution in [2.24, 2.45) is 4.99 Å². The second-order valence-electron chi connectivity index (χ2n) is 5.71. The third kappa shape index (κ3) is 4.02. The quantitative estimate of drug-likeness (QED) is 0.878. The predicted octanol–water partition coefficient (Wildman–Crippen LogP) is 2.81. The third-order valence-electron chi connectivity index (χ3n) is 3.42. The average Bonchev–Trinajstić information content (AvgIpc) is 3.03. The summed E-state index contributed by atoms with van der Waals surface area (Å²) in [5.41, 5.74) is 0.519. The Morgan fingerprint density at radius 2 is 2.15 bits per heavy atom. The van der Waals surface area contributed by atoms with Crippen LogP contribution < -0.4 is 19.6 Å². The second kappa shape index (κ2) is 7.04. The molecule has 1 aromatic carbocycles. The molecule has 0 bridgehead atoms. The van der Waals surface area contributed by atoms with E-state index in [1.54, 1.807) is 30.9 Å². The maximum absolute atomic E-state index is 13.2. The van der Waals surface area contributed by atoms with E-state index >= 15 is 0 Å².